The van der Waals surface area contributed by atoms with E-state index in [2.05, 4.69) is 26.8 Å². The van der Waals surface area contributed by atoms with Gasteiger partial charge in [-0.15, -0.1) is 0 Å². The molecule has 19 heavy (non-hydrogen) atoms. The fraction of sp³-hybridized carbons (Fsp3) is 0.533. The molecule has 4 heteroatoms. The zero-order valence-electron chi connectivity index (χ0n) is 11.8. The number of nitrogens with zero attached hydrogens (tertiary/aromatic N) is 1. The van der Waals surface area contributed by atoms with E-state index < -0.39 is 0 Å². The van der Waals surface area contributed by atoms with Crippen molar-refractivity contribution in [3.63, 3.8) is 0 Å². The van der Waals surface area contributed by atoms with Crippen LogP contribution < -0.4 is 10.6 Å². The lowest BCUT2D eigenvalue weighted by molar-refractivity contribution is 0.178. The van der Waals surface area contributed by atoms with Gasteiger partial charge in [0.1, 0.15) is 6.61 Å². The molecule has 4 nitrogen and oxygen atoms in total. The molecule has 1 amide bonds. The van der Waals surface area contributed by atoms with Crippen LogP contribution in [0.3, 0.4) is 0 Å². The highest BCUT2D eigenvalue weighted by Crippen LogP contribution is 2.35. The maximum atomic E-state index is 12.0. The summed E-state index contributed by atoms with van der Waals surface area (Å²) in [6.45, 7) is 7.41. The van der Waals surface area contributed by atoms with Crippen LogP contribution in [0.1, 0.15) is 32.8 Å². The van der Waals surface area contributed by atoms with Crippen molar-refractivity contribution in [1.82, 2.24) is 0 Å². The van der Waals surface area contributed by atoms with Gasteiger partial charge in [0.2, 0.25) is 0 Å². The number of anilines is 1. The first-order valence-electron chi connectivity index (χ1n) is 6.70. The van der Waals surface area contributed by atoms with Crippen molar-refractivity contribution in [1.29, 1.82) is 0 Å². The summed E-state index contributed by atoms with van der Waals surface area (Å²) < 4.78 is 5.18. The van der Waals surface area contributed by atoms with Crippen LogP contribution in [-0.4, -0.2) is 25.3 Å². The van der Waals surface area contributed by atoms with Gasteiger partial charge in [-0.05, 0) is 30.0 Å². The monoisotopic (exact) mass is 262 g/mol. The Labute approximate surface area is 114 Å². The van der Waals surface area contributed by atoms with E-state index in [1.165, 1.54) is 0 Å². The Bertz CT molecular complexity index is 465. The fourth-order valence-electron chi connectivity index (χ4n) is 2.48. The zero-order valence-corrected chi connectivity index (χ0v) is 11.8. The third kappa shape index (κ3) is 2.73. The maximum absolute atomic E-state index is 12.0. The SMILES string of the molecule is CC(C)(C)c1ccccc1N1C(=O)OCC1CCN. The van der Waals surface area contributed by atoms with E-state index in [1.54, 1.807) is 4.90 Å². The standard InChI is InChI=1S/C15H22N2O2/c1-15(2,3)12-6-4-5-7-13(12)17-11(8-9-16)10-19-14(17)18/h4-7,11H,8-10,16H2,1-3H3. The summed E-state index contributed by atoms with van der Waals surface area (Å²) in [5.74, 6) is 0. The highest BCUT2D eigenvalue weighted by molar-refractivity contribution is 5.91. The molecule has 1 aliphatic heterocycles. The molecule has 0 saturated carbocycles. The lowest BCUT2D eigenvalue weighted by Gasteiger charge is -2.29. The molecule has 2 rings (SSSR count). The highest BCUT2D eigenvalue weighted by Gasteiger charge is 2.36. The molecule has 1 unspecified atom stereocenters. The summed E-state index contributed by atoms with van der Waals surface area (Å²) in [6, 6.07) is 8.05. The van der Waals surface area contributed by atoms with Crippen LogP contribution in [0.2, 0.25) is 0 Å². The number of cyclic esters (lactones) is 1. The minimum absolute atomic E-state index is 0.0211. The van der Waals surface area contributed by atoms with Crippen LogP contribution in [0.25, 0.3) is 0 Å². The van der Waals surface area contributed by atoms with Crippen molar-refractivity contribution < 1.29 is 9.53 Å². The second-order valence-electron chi connectivity index (χ2n) is 5.95. The second kappa shape index (κ2) is 5.21. The van der Waals surface area contributed by atoms with Gasteiger partial charge in [0.05, 0.1) is 11.7 Å². The third-order valence-electron chi connectivity index (χ3n) is 3.43. The van der Waals surface area contributed by atoms with E-state index in [-0.39, 0.29) is 17.6 Å². The highest BCUT2D eigenvalue weighted by atomic mass is 16.6. The Balaban J connectivity index is 2.42. The first kappa shape index (κ1) is 13.9. The van der Waals surface area contributed by atoms with Crippen LogP contribution in [-0.2, 0) is 10.2 Å². The van der Waals surface area contributed by atoms with Gasteiger partial charge in [-0.1, -0.05) is 39.0 Å². The van der Waals surface area contributed by atoms with Crippen LogP contribution in [0, 0.1) is 0 Å². The molecular formula is C15H22N2O2. The number of carbonyl (C=O) groups excluding carboxylic acids is 1. The Morgan fingerprint density at radius 3 is 2.68 bits per heavy atom. The first-order valence-corrected chi connectivity index (χ1v) is 6.70. The summed E-state index contributed by atoms with van der Waals surface area (Å²) in [5.41, 5.74) is 7.69. The van der Waals surface area contributed by atoms with Crippen molar-refractivity contribution in [3.8, 4) is 0 Å². The third-order valence-corrected chi connectivity index (χ3v) is 3.43. The second-order valence-corrected chi connectivity index (χ2v) is 5.95. The Hall–Kier alpha value is -1.55. The average Bonchev–Trinajstić information content (AvgIpc) is 2.70. The number of hydrogen-bond acceptors (Lipinski definition) is 3. The zero-order chi connectivity index (χ0) is 14.0. The van der Waals surface area contributed by atoms with E-state index in [0.29, 0.717) is 13.2 Å². The molecule has 1 fully saturated rings. The Kier molecular flexibility index (Phi) is 3.80. The van der Waals surface area contributed by atoms with Gasteiger partial charge >= 0.3 is 6.09 Å². The molecule has 0 spiro atoms. The molecular weight excluding hydrogens is 240 g/mol. The quantitative estimate of drug-likeness (QED) is 0.911. The number of rotatable bonds is 3. The molecule has 0 aliphatic carbocycles. The molecule has 2 N–H and O–H groups in total. The predicted molar refractivity (Wildman–Crippen MR) is 76.4 cm³/mol. The summed E-state index contributed by atoms with van der Waals surface area (Å²) in [5, 5.41) is 0. The van der Waals surface area contributed by atoms with Crippen LogP contribution >= 0.6 is 0 Å². The Morgan fingerprint density at radius 2 is 2.05 bits per heavy atom. The van der Waals surface area contributed by atoms with Gasteiger partial charge in [0.15, 0.2) is 0 Å². The first-order chi connectivity index (χ1) is 8.95. The van der Waals surface area contributed by atoms with Gasteiger partial charge in [-0.2, -0.15) is 0 Å². The number of nitrogens with two attached hydrogens (primary N) is 1. The topological polar surface area (TPSA) is 55.6 Å². The molecule has 0 radical (unpaired) electrons. The van der Waals surface area contributed by atoms with Crippen molar-refractivity contribution >= 4 is 11.8 Å². The Morgan fingerprint density at radius 1 is 1.37 bits per heavy atom. The van der Waals surface area contributed by atoms with Crippen molar-refractivity contribution in [2.75, 3.05) is 18.1 Å². The van der Waals surface area contributed by atoms with Crippen LogP contribution in [0.5, 0.6) is 0 Å². The van der Waals surface area contributed by atoms with Crippen molar-refractivity contribution in [2.45, 2.75) is 38.6 Å². The lowest BCUT2D eigenvalue weighted by atomic mass is 9.85. The van der Waals surface area contributed by atoms with Crippen LogP contribution in [0.15, 0.2) is 24.3 Å². The summed E-state index contributed by atoms with van der Waals surface area (Å²) >= 11 is 0. The molecule has 0 bridgehead atoms. The van der Waals surface area contributed by atoms with Crippen LogP contribution in [0.4, 0.5) is 10.5 Å². The molecule has 1 aromatic carbocycles. The maximum Gasteiger partial charge on any atom is 0.414 e. The molecule has 1 atom stereocenters. The molecule has 104 valence electrons. The van der Waals surface area contributed by atoms with Gasteiger partial charge in [-0.3, -0.25) is 4.90 Å². The van der Waals surface area contributed by atoms with Gasteiger partial charge in [-0.25, -0.2) is 4.79 Å². The predicted octanol–water partition coefficient (Wildman–Crippen LogP) is 2.66. The summed E-state index contributed by atoms with van der Waals surface area (Å²) in [7, 11) is 0. The van der Waals surface area contributed by atoms with Gasteiger partial charge < -0.3 is 10.5 Å². The minimum Gasteiger partial charge on any atom is -0.447 e. The lowest BCUT2D eigenvalue weighted by Crippen LogP contribution is -2.36. The molecule has 0 aromatic heterocycles. The number of hydrogen-bond donors (Lipinski definition) is 1. The van der Waals surface area contributed by atoms with Gasteiger partial charge in [0.25, 0.3) is 0 Å². The van der Waals surface area contributed by atoms with E-state index in [0.717, 1.165) is 17.7 Å². The molecule has 1 aliphatic rings. The summed E-state index contributed by atoms with van der Waals surface area (Å²) in [6.07, 6.45) is 0.486. The minimum atomic E-state index is -0.268. The smallest absolute Gasteiger partial charge is 0.414 e. The normalized spacial score (nSPS) is 19.7. The number of carbonyl (C=O) groups is 1. The summed E-state index contributed by atoms with van der Waals surface area (Å²) in [4.78, 5) is 13.8. The molecule has 1 aromatic rings. The van der Waals surface area contributed by atoms with E-state index in [4.69, 9.17) is 10.5 Å². The largest absolute Gasteiger partial charge is 0.447 e. The number of benzene rings is 1. The van der Waals surface area contributed by atoms with Crippen molar-refractivity contribution in [3.05, 3.63) is 29.8 Å². The number of para-hydroxylation sites is 1. The van der Waals surface area contributed by atoms with Crippen molar-refractivity contribution in [2.24, 2.45) is 5.73 Å². The molecule has 1 heterocycles. The molecule has 1 saturated heterocycles. The fourth-order valence-corrected chi connectivity index (χ4v) is 2.48. The number of ether oxygens (including phenoxy) is 1. The number of amides is 1. The average molecular weight is 262 g/mol. The van der Waals surface area contributed by atoms with E-state index in [1.807, 2.05) is 18.2 Å². The van der Waals surface area contributed by atoms with E-state index in [9.17, 15) is 4.79 Å². The van der Waals surface area contributed by atoms with Gasteiger partial charge in [0, 0.05) is 0 Å². The van der Waals surface area contributed by atoms with E-state index >= 15 is 0 Å².